The lowest BCUT2D eigenvalue weighted by molar-refractivity contribution is 0.343. The molecule has 1 aliphatic rings. The maximum Gasteiger partial charge on any atom is 0.256 e. The van der Waals surface area contributed by atoms with Crippen LogP contribution in [0.2, 0.25) is 0 Å². The molecule has 4 rings (SSSR count). The molecule has 0 radical (unpaired) electrons. The fraction of sp³-hybridized carbons (Fsp3) is 0.200. The van der Waals surface area contributed by atoms with Crippen molar-refractivity contribution in [2.24, 2.45) is 0 Å². The van der Waals surface area contributed by atoms with Crippen molar-refractivity contribution in [1.82, 2.24) is 9.97 Å². The van der Waals surface area contributed by atoms with E-state index in [2.05, 4.69) is 41.6 Å². The van der Waals surface area contributed by atoms with Gasteiger partial charge in [-0.3, -0.25) is 4.98 Å². The lowest BCUT2D eigenvalue weighted by Gasteiger charge is -2.16. The molecule has 0 saturated carbocycles. The molecular weight excluding hydrogens is 346 g/mol. The van der Waals surface area contributed by atoms with E-state index in [4.69, 9.17) is 14.5 Å². The highest BCUT2D eigenvalue weighted by Crippen LogP contribution is 2.39. The molecule has 5 nitrogen and oxygen atoms in total. The van der Waals surface area contributed by atoms with E-state index in [0.717, 1.165) is 34.8 Å². The topological polar surface area (TPSA) is 47.5 Å². The number of nitrogens with zero attached hydrogens (tertiary/aromatic N) is 3. The number of ether oxygens (including phenoxy) is 2. The molecule has 0 spiro atoms. The summed E-state index contributed by atoms with van der Waals surface area (Å²) < 4.78 is 10.6. The summed E-state index contributed by atoms with van der Waals surface area (Å²) >= 11 is 1.77. The molecule has 0 fully saturated rings. The van der Waals surface area contributed by atoms with Crippen LogP contribution in [-0.2, 0) is 6.54 Å². The van der Waals surface area contributed by atoms with E-state index in [0.29, 0.717) is 11.6 Å². The molecule has 0 aromatic carbocycles. The number of rotatable bonds is 4. The van der Waals surface area contributed by atoms with Crippen LogP contribution in [-0.4, -0.2) is 24.2 Å². The van der Waals surface area contributed by atoms with Crippen molar-refractivity contribution in [2.75, 3.05) is 19.1 Å². The molecule has 0 amide bonds. The van der Waals surface area contributed by atoms with Gasteiger partial charge in [0.2, 0.25) is 0 Å². The van der Waals surface area contributed by atoms with Crippen LogP contribution < -0.4 is 14.4 Å². The molecule has 3 aromatic heterocycles. The van der Waals surface area contributed by atoms with E-state index < -0.39 is 0 Å². The zero-order chi connectivity index (χ0) is 18.3. The second kappa shape index (κ2) is 6.46. The summed E-state index contributed by atoms with van der Waals surface area (Å²) in [6.07, 6.45) is 1.75. The van der Waals surface area contributed by atoms with Crippen LogP contribution in [0.15, 0.2) is 43.1 Å². The highest BCUT2D eigenvalue weighted by molar-refractivity contribution is 7.16. The summed E-state index contributed by atoms with van der Waals surface area (Å²) in [5, 5.41) is 1.19. The second-order valence-electron chi connectivity index (χ2n) is 6.04. The highest BCUT2D eigenvalue weighted by Gasteiger charge is 2.26. The Kier molecular flexibility index (Phi) is 4.12. The molecular formula is C20H19N3O2S. The van der Waals surface area contributed by atoms with Crippen molar-refractivity contribution in [2.45, 2.75) is 13.5 Å². The number of aromatic nitrogens is 2. The standard InChI is InChI=1S/C20H19N3O2S/c1-12-5-8-19(26-12)23-11-17-15(13(23)2)6-7-16(22-17)14-9-18(24-3)20(25-4)21-10-14/h5-10H,2,11H2,1,3-4H3. The van der Waals surface area contributed by atoms with Crippen molar-refractivity contribution in [3.8, 4) is 22.9 Å². The molecule has 0 aliphatic carbocycles. The molecule has 0 bridgehead atoms. The number of pyridine rings is 2. The van der Waals surface area contributed by atoms with Gasteiger partial charge in [-0.1, -0.05) is 6.58 Å². The zero-order valence-corrected chi connectivity index (χ0v) is 15.8. The van der Waals surface area contributed by atoms with Gasteiger partial charge < -0.3 is 14.4 Å². The zero-order valence-electron chi connectivity index (χ0n) is 14.9. The Hall–Kier alpha value is -2.86. The Morgan fingerprint density at radius 3 is 2.69 bits per heavy atom. The molecule has 1 aliphatic heterocycles. The van der Waals surface area contributed by atoms with Gasteiger partial charge in [-0.2, -0.15) is 0 Å². The molecule has 6 heteroatoms. The molecule has 0 atom stereocenters. The summed E-state index contributed by atoms with van der Waals surface area (Å²) in [7, 11) is 3.18. The molecule has 26 heavy (non-hydrogen) atoms. The number of hydrogen-bond donors (Lipinski definition) is 0. The number of aryl methyl sites for hydroxylation is 1. The van der Waals surface area contributed by atoms with E-state index in [9.17, 15) is 0 Å². The maximum absolute atomic E-state index is 5.35. The summed E-state index contributed by atoms with van der Waals surface area (Å²) in [5.41, 5.74) is 4.85. The molecule has 0 N–H and O–H groups in total. The summed E-state index contributed by atoms with van der Waals surface area (Å²) in [4.78, 5) is 12.7. The summed E-state index contributed by atoms with van der Waals surface area (Å²) in [6, 6.07) is 10.2. The predicted molar refractivity (Wildman–Crippen MR) is 105 cm³/mol. The molecule has 4 heterocycles. The third-order valence-electron chi connectivity index (χ3n) is 4.44. The van der Waals surface area contributed by atoms with Gasteiger partial charge in [-0.05, 0) is 37.3 Å². The normalized spacial score (nSPS) is 13.0. The summed E-state index contributed by atoms with van der Waals surface area (Å²) in [5.74, 6) is 1.05. The molecule has 3 aromatic rings. The minimum absolute atomic E-state index is 0.463. The van der Waals surface area contributed by atoms with E-state index in [1.807, 2.05) is 12.1 Å². The van der Waals surface area contributed by atoms with E-state index in [1.54, 1.807) is 31.8 Å². The Morgan fingerprint density at radius 2 is 2.00 bits per heavy atom. The molecule has 132 valence electrons. The smallest absolute Gasteiger partial charge is 0.256 e. The predicted octanol–water partition coefficient (Wildman–Crippen LogP) is 4.52. The Morgan fingerprint density at radius 1 is 1.15 bits per heavy atom. The van der Waals surface area contributed by atoms with Crippen LogP contribution in [0.1, 0.15) is 16.1 Å². The SMILES string of the molecule is C=C1c2ccc(-c3cnc(OC)c(OC)c3)nc2CN1c1ccc(C)s1. The van der Waals surface area contributed by atoms with Gasteiger partial charge in [0, 0.05) is 27.9 Å². The van der Waals surface area contributed by atoms with Crippen LogP contribution in [0.25, 0.3) is 17.0 Å². The minimum atomic E-state index is 0.463. The van der Waals surface area contributed by atoms with Crippen LogP contribution in [0.5, 0.6) is 11.6 Å². The number of thiophene rings is 1. The minimum Gasteiger partial charge on any atom is -0.491 e. The Labute approximate surface area is 156 Å². The van der Waals surface area contributed by atoms with Gasteiger partial charge in [0.25, 0.3) is 5.88 Å². The van der Waals surface area contributed by atoms with Crippen molar-refractivity contribution in [3.05, 3.63) is 59.2 Å². The quantitative estimate of drug-likeness (QED) is 0.680. The lowest BCUT2D eigenvalue weighted by atomic mass is 10.1. The highest BCUT2D eigenvalue weighted by atomic mass is 32.1. The van der Waals surface area contributed by atoms with Gasteiger partial charge >= 0.3 is 0 Å². The van der Waals surface area contributed by atoms with E-state index in [-0.39, 0.29) is 0 Å². The van der Waals surface area contributed by atoms with Crippen LogP contribution >= 0.6 is 11.3 Å². The van der Waals surface area contributed by atoms with Gasteiger partial charge in [0.15, 0.2) is 5.75 Å². The lowest BCUT2D eigenvalue weighted by Crippen LogP contribution is -2.11. The largest absolute Gasteiger partial charge is 0.491 e. The first-order valence-corrected chi connectivity index (χ1v) is 9.04. The van der Waals surface area contributed by atoms with E-state index >= 15 is 0 Å². The van der Waals surface area contributed by atoms with Crippen LogP contribution in [0, 0.1) is 6.92 Å². The van der Waals surface area contributed by atoms with Crippen molar-refractivity contribution < 1.29 is 9.47 Å². The van der Waals surface area contributed by atoms with Gasteiger partial charge in [0.1, 0.15) is 0 Å². The maximum atomic E-state index is 5.35. The Bertz CT molecular complexity index is 996. The van der Waals surface area contributed by atoms with E-state index in [1.165, 1.54) is 9.88 Å². The first-order valence-electron chi connectivity index (χ1n) is 8.22. The van der Waals surface area contributed by atoms with Gasteiger partial charge in [0.05, 0.1) is 37.2 Å². The van der Waals surface area contributed by atoms with Crippen molar-refractivity contribution in [3.63, 3.8) is 0 Å². The van der Waals surface area contributed by atoms with Gasteiger partial charge in [-0.25, -0.2) is 4.98 Å². The fourth-order valence-electron chi connectivity index (χ4n) is 3.09. The number of anilines is 1. The van der Waals surface area contributed by atoms with Crippen LogP contribution in [0.4, 0.5) is 5.00 Å². The average Bonchev–Trinajstić information content (AvgIpc) is 3.24. The molecule has 0 unspecified atom stereocenters. The molecule has 0 saturated heterocycles. The van der Waals surface area contributed by atoms with Crippen molar-refractivity contribution >= 4 is 22.0 Å². The number of fused-ring (bicyclic) bond motifs is 1. The average molecular weight is 365 g/mol. The first-order chi connectivity index (χ1) is 12.6. The second-order valence-corrected chi connectivity index (χ2v) is 7.31. The third kappa shape index (κ3) is 2.72. The van der Waals surface area contributed by atoms with Gasteiger partial charge in [-0.15, -0.1) is 11.3 Å². The fourth-order valence-corrected chi connectivity index (χ4v) is 3.97. The first kappa shape index (κ1) is 16.6. The third-order valence-corrected chi connectivity index (χ3v) is 5.46. The van der Waals surface area contributed by atoms with Crippen molar-refractivity contribution in [1.29, 1.82) is 0 Å². The Balaban J connectivity index is 1.69. The number of hydrogen-bond acceptors (Lipinski definition) is 6. The monoisotopic (exact) mass is 365 g/mol. The summed E-state index contributed by atoms with van der Waals surface area (Å²) in [6.45, 7) is 7.10. The number of methoxy groups -OCH3 is 2. The van der Waals surface area contributed by atoms with Crippen LogP contribution in [0.3, 0.4) is 0 Å².